The van der Waals surface area contributed by atoms with E-state index < -0.39 is 0 Å². The lowest BCUT2D eigenvalue weighted by atomic mass is 10.1. The van der Waals surface area contributed by atoms with Crippen LogP contribution in [0.2, 0.25) is 0 Å². The van der Waals surface area contributed by atoms with E-state index in [9.17, 15) is 9.59 Å². The minimum Gasteiger partial charge on any atom is -0.408 e. The summed E-state index contributed by atoms with van der Waals surface area (Å²) in [5.74, 6) is -0.380. The molecule has 2 aromatic carbocycles. The molecular weight excluding hydrogens is 342 g/mol. The summed E-state index contributed by atoms with van der Waals surface area (Å²) in [6.07, 6.45) is 0.955. The van der Waals surface area contributed by atoms with Gasteiger partial charge >= 0.3 is 5.76 Å². The van der Waals surface area contributed by atoms with Crippen LogP contribution in [0.15, 0.2) is 63.8 Å². The van der Waals surface area contributed by atoms with Crippen LogP contribution in [0.5, 0.6) is 0 Å². The van der Waals surface area contributed by atoms with Gasteiger partial charge in [-0.25, -0.2) is 4.79 Å². The maximum atomic E-state index is 12.2. The third-order valence-corrected chi connectivity index (χ3v) is 4.76. The van der Waals surface area contributed by atoms with Crippen molar-refractivity contribution in [1.82, 2.24) is 9.88 Å². The van der Waals surface area contributed by atoms with Gasteiger partial charge in [-0.2, -0.15) is 0 Å². The highest BCUT2D eigenvalue weighted by Crippen LogP contribution is 2.12. The van der Waals surface area contributed by atoms with Gasteiger partial charge in [0.05, 0.1) is 26.2 Å². The normalized spacial score (nSPS) is 12.4. The Hall–Kier alpha value is -2.86. The Kier molecular flexibility index (Phi) is 6.08. The topological polar surface area (TPSA) is 68.7 Å². The molecule has 3 aromatic rings. The number of likely N-dealkylation sites (N-methyl/N-ethyl adjacent to an activating group) is 1. The molecule has 0 unspecified atom stereocenters. The van der Waals surface area contributed by atoms with Crippen molar-refractivity contribution in [3.8, 4) is 0 Å². The van der Waals surface area contributed by atoms with E-state index >= 15 is 0 Å². The van der Waals surface area contributed by atoms with Gasteiger partial charge in [0.25, 0.3) is 0 Å². The highest BCUT2D eigenvalue weighted by molar-refractivity contribution is 5.76. The number of hydrogen-bond donors (Lipinski definition) is 2. The number of carbonyl (C=O) groups is 1. The van der Waals surface area contributed by atoms with E-state index in [1.807, 2.05) is 36.4 Å². The number of quaternary nitrogens is 1. The number of oxazole rings is 1. The second-order valence-electron chi connectivity index (χ2n) is 6.94. The molecule has 2 N–H and O–H groups in total. The van der Waals surface area contributed by atoms with Gasteiger partial charge in [0.2, 0.25) is 5.91 Å². The zero-order valence-corrected chi connectivity index (χ0v) is 15.8. The van der Waals surface area contributed by atoms with Crippen LogP contribution in [-0.2, 0) is 11.3 Å². The zero-order chi connectivity index (χ0) is 19.2. The Labute approximate surface area is 158 Å². The fourth-order valence-corrected chi connectivity index (χ4v) is 3.27. The minimum atomic E-state index is -0.378. The second-order valence-corrected chi connectivity index (χ2v) is 6.94. The lowest BCUT2D eigenvalue weighted by Crippen LogP contribution is -3.07. The molecule has 0 spiro atoms. The number of benzene rings is 2. The molecule has 3 rings (SSSR count). The molecule has 0 bridgehead atoms. The third kappa shape index (κ3) is 4.65. The van der Waals surface area contributed by atoms with Gasteiger partial charge in [0, 0.05) is 18.5 Å². The molecule has 0 saturated carbocycles. The number of amides is 1. The molecule has 0 fully saturated rings. The first-order chi connectivity index (χ1) is 13.1. The third-order valence-electron chi connectivity index (χ3n) is 4.76. The molecule has 0 radical (unpaired) electrons. The first kappa shape index (κ1) is 18.9. The van der Waals surface area contributed by atoms with Crippen LogP contribution in [-0.4, -0.2) is 31.1 Å². The summed E-state index contributed by atoms with van der Waals surface area (Å²) in [5, 5.41) is 3.02. The Morgan fingerprint density at radius 1 is 1.11 bits per heavy atom. The lowest BCUT2D eigenvalue weighted by molar-refractivity contribution is -0.890. The van der Waals surface area contributed by atoms with E-state index in [1.165, 1.54) is 10.5 Å². The van der Waals surface area contributed by atoms with Gasteiger partial charge in [-0.05, 0) is 18.6 Å². The molecular formula is C21H26N3O3+. The molecule has 27 heavy (non-hydrogen) atoms. The Morgan fingerprint density at radius 2 is 1.81 bits per heavy atom. The summed E-state index contributed by atoms with van der Waals surface area (Å²) in [7, 11) is 4.17. The van der Waals surface area contributed by atoms with Gasteiger partial charge in [0.15, 0.2) is 5.58 Å². The van der Waals surface area contributed by atoms with Crippen LogP contribution in [0.25, 0.3) is 11.1 Å². The monoisotopic (exact) mass is 368 g/mol. The minimum absolute atomic E-state index is 0.00182. The van der Waals surface area contributed by atoms with Gasteiger partial charge < -0.3 is 14.6 Å². The predicted molar refractivity (Wildman–Crippen MR) is 105 cm³/mol. The Bertz CT molecular complexity index is 944. The van der Waals surface area contributed by atoms with Gasteiger partial charge in [-0.15, -0.1) is 0 Å². The maximum Gasteiger partial charge on any atom is 0.419 e. The quantitative estimate of drug-likeness (QED) is 0.631. The van der Waals surface area contributed by atoms with Crippen molar-refractivity contribution in [2.75, 3.05) is 20.6 Å². The van der Waals surface area contributed by atoms with Crippen LogP contribution in [0.3, 0.4) is 0 Å². The number of nitrogens with one attached hydrogen (secondary N) is 2. The van der Waals surface area contributed by atoms with Gasteiger partial charge in [-0.3, -0.25) is 9.36 Å². The average Bonchev–Trinajstić information content (AvgIpc) is 2.98. The first-order valence-corrected chi connectivity index (χ1v) is 9.26. The number of aromatic nitrogens is 1. The Balaban J connectivity index is 1.52. The van der Waals surface area contributed by atoms with Crippen molar-refractivity contribution in [2.24, 2.45) is 0 Å². The van der Waals surface area contributed by atoms with E-state index in [-0.39, 0.29) is 17.7 Å². The molecule has 0 saturated heterocycles. The summed E-state index contributed by atoms with van der Waals surface area (Å²) in [6.45, 7) is 1.05. The molecule has 1 amide bonds. The van der Waals surface area contributed by atoms with E-state index in [4.69, 9.17) is 4.42 Å². The van der Waals surface area contributed by atoms with Crippen LogP contribution >= 0.6 is 0 Å². The molecule has 6 nitrogen and oxygen atoms in total. The zero-order valence-electron chi connectivity index (χ0n) is 15.8. The van der Waals surface area contributed by atoms with Gasteiger partial charge in [0.1, 0.15) is 6.04 Å². The molecule has 1 heterocycles. The molecule has 0 aliphatic rings. The number of fused-ring (bicyclic) bond motifs is 1. The van der Waals surface area contributed by atoms with Crippen molar-refractivity contribution >= 4 is 17.0 Å². The molecule has 1 aromatic heterocycles. The van der Waals surface area contributed by atoms with Crippen LogP contribution in [0.4, 0.5) is 0 Å². The highest BCUT2D eigenvalue weighted by atomic mass is 16.4. The van der Waals surface area contributed by atoms with E-state index in [2.05, 4.69) is 31.5 Å². The predicted octanol–water partition coefficient (Wildman–Crippen LogP) is 1.38. The Morgan fingerprint density at radius 3 is 2.56 bits per heavy atom. The van der Waals surface area contributed by atoms with Crippen molar-refractivity contribution in [3.63, 3.8) is 0 Å². The van der Waals surface area contributed by atoms with Crippen LogP contribution in [0, 0.1) is 0 Å². The number of nitrogens with zero attached hydrogens (tertiary/aromatic N) is 1. The number of hydrogen-bond acceptors (Lipinski definition) is 3. The molecule has 0 aliphatic heterocycles. The van der Waals surface area contributed by atoms with Gasteiger partial charge in [-0.1, -0.05) is 42.5 Å². The second kappa shape index (κ2) is 8.68. The average molecular weight is 368 g/mol. The number of rotatable bonds is 8. The summed E-state index contributed by atoms with van der Waals surface area (Å²) in [6, 6.07) is 17.7. The van der Waals surface area contributed by atoms with Crippen LogP contribution < -0.4 is 16.0 Å². The molecule has 1 atom stereocenters. The van der Waals surface area contributed by atoms with Crippen molar-refractivity contribution < 1.29 is 14.1 Å². The van der Waals surface area contributed by atoms with E-state index in [1.54, 1.807) is 10.6 Å². The SMILES string of the molecule is C[NH+](C)[C@H](CNC(=O)CCCn1c(=O)oc2ccccc21)c1ccccc1. The molecule has 6 heteroatoms. The fraction of sp³-hybridized carbons (Fsp3) is 0.333. The van der Waals surface area contributed by atoms with E-state index in [0.717, 1.165) is 5.52 Å². The smallest absolute Gasteiger partial charge is 0.408 e. The van der Waals surface area contributed by atoms with Crippen molar-refractivity contribution in [1.29, 1.82) is 0 Å². The number of para-hydroxylation sites is 2. The first-order valence-electron chi connectivity index (χ1n) is 9.26. The molecule has 142 valence electrons. The number of aryl methyl sites for hydroxylation is 1. The summed E-state index contributed by atoms with van der Waals surface area (Å²) >= 11 is 0. The van der Waals surface area contributed by atoms with Crippen molar-refractivity contribution in [3.05, 3.63) is 70.7 Å². The fourth-order valence-electron chi connectivity index (χ4n) is 3.27. The lowest BCUT2D eigenvalue weighted by Gasteiger charge is -2.22. The highest BCUT2D eigenvalue weighted by Gasteiger charge is 2.18. The summed E-state index contributed by atoms with van der Waals surface area (Å²) in [4.78, 5) is 25.5. The maximum absolute atomic E-state index is 12.2. The standard InChI is InChI=1S/C21H25N3O3/c1-23(2)18(16-9-4-3-5-10-16)15-22-20(25)13-8-14-24-17-11-6-7-12-19(17)27-21(24)26/h3-7,9-12,18H,8,13-15H2,1-2H3,(H,22,25)/p+1/t18-/m1/s1. The largest absolute Gasteiger partial charge is 0.419 e. The van der Waals surface area contributed by atoms with E-state index in [0.29, 0.717) is 31.5 Å². The van der Waals surface area contributed by atoms with Crippen LogP contribution in [0.1, 0.15) is 24.4 Å². The molecule has 0 aliphatic carbocycles. The summed E-state index contributed by atoms with van der Waals surface area (Å²) in [5.41, 5.74) is 2.55. The number of carbonyl (C=O) groups excluding carboxylic acids is 1. The van der Waals surface area contributed by atoms with Crippen molar-refractivity contribution in [2.45, 2.75) is 25.4 Å². The summed E-state index contributed by atoms with van der Waals surface area (Å²) < 4.78 is 6.80.